The van der Waals surface area contributed by atoms with Crippen LogP contribution >= 0.6 is 0 Å². The Morgan fingerprint density at radius 2 is 1.52 bits per heavy atom. The van der Waals surface area contributed by atoms with E-state index >= 15 is 0 Å². The third-order valence-electron chi connectivity index (χ3n) is 13.4. The molecule has 368 valence electrons. The van der Waals surface area contributed by atoms with E-state index in [4.69, 9.17) is 42.6 Å². The summed E-state index contributed by atoms with van der Waals surface area (Å²) in [6.07, 6.45) is -8.49. The zero-order valence-electron chi connectivity index (χ0n) is 39.7. The molecule has 0 aromatic carbocycles. The first-order chi connectivity index (χ1) is 30.1. The summed E-state index contributed by atoms with van der Waals surface area (Å²) in [5, 5.41) is 55.8. The van der Waals surface area contributed by atoms with Crippen molar-refractivity contribution in [2.75, 3.05) is 34.9 Å². The molecule has 4 heterocycles. The molecule has 18 heteroatoms. The molecule has 5 N–H and O–H groups in total. The molecule has 0 bridgehead atoms. The number of ether oxygens (including phenoxy) is 9. The topological polar surface area (TPSA) is 239 Å². The van der Waals surface area contributed by atoms with Crippen LogP contribution in [0.5, 0.6) is 0 Å². The van der Waals surface area contributed by atoms with Gasteiger partial charge in [0.25, 0.3) is 0 Å². The van der Waals surface area contributed by atoms with Crippen molar-refractivity contribution in [3.05, 3.63) is 23.8 Å². The molecule has 0 aliphatic carbocycles. The van der Waals surface area contributed by atoms with Gasteiger partial charge in [-0.15, -0.1) is 0 Å². The zero-order valence-corrected chi connectivity index (χ0v) is 39.7. The molecular formula is C46H77NO17. The lowest BCUT2D eigenvalue weighted by Gasteiger charge is -2.50. The molecule has 3 fully saturated rings. The van der Waals surface area contributed by atoms with E-state index in [1.165, 1.54) is 27.2 Å². The Morgan fingerprint density at radius 3 is 2.11 bits per heavy atom. The molecule has 4 aliphatic heterocycles. The van der Waals surface area contributed by atoms with Crippen molar-refractivity contribution in [1.29, 1.82) is 0 Å². The summed E-state index contributed by atoms with van der Waals surface area (Å²) < 4.78 is 54.7. The van der Waals surface area contributed by atoms with Crippen molar-refractivity contribution in [1.82, 2.24) is 4.90 Å². The van der Waals surface area contributed by atoms with E-state index in [1.54, 1.807) is 59.7 Å². The average molecular weight is 916 g/mol. The van der Waals surface area contributed by atoms with Crippen LogP contribution in [0.2, 0.25) is 0 Å². The Bertz CT molecular complexity index is 1560. The Hall–Kier alpha value is -2.27. The molecule has 0 radical (unpaired) electrons. The number of aliphatic hydroxyl groups is 5. The monoisotopic (exact) mass is 916 g/mol. The maximum Gasteiger partial charge on any atom is 0.308 e. The van der Waals surface area contributed by atoms with Gasteiger partial charge < -0.3 is 77.9 Å². The summed E-state index contributed by atoms with van der Waals surface area (Å²) in [7, 11) is 6.43. The van der Waals surface area contributed by atoms with Crippen molar-refractivity contribution in [3.8, 4) is 0 Å². The number of ketones is 1. The predicted molar refractivity (Wildman–Crippen MR) is 230 cm³/mol. The fourth-order valence-electron chi connectivity index (χ4n) is 9.51. The quantitative estimate of drug-likeness (QED) is 0.131. The number of aliphatic hydroxyl groups excluding tert-OH is 4. The maximum absolute atomic E-state index is 13.8. The molecule has 3 saturated heterocycles. The number of allylic oxidation sites excluding steroid dienone is 3. The van der Waals surface area contributed by atoms with Crippen LogP contribution in [0.4, 0.5) is 0 Å². The molecule has 4 aliphatic rings. The van der Waals surface area contributed by atoms with E-state index in [1.807, 2.05) is 19.9 Å². The van der Waals surface area contributed by atoms with Gasteiger partial charge in [0.05, 0.1) is 55.2 Å². The Labute approximate surface area is 378 Å². The number of esters is 1. The fraction of sp³-hybridized carbons (Fsp3) is 0.848. The number of carbonyl (C=O) groups is 3. The summed E-state index contributed by atoms with van der Waals surface area (Å²) in [6, 6.07) is -0.748. The standard InChI is InChI=1S/C46H77NO17/c1-13-33-30(22-58-45-42(57-12)41(56-11)37(52)26(5)60-45)18-23(2)14-15-31(49)24(3)19-29(16-17-48)39(25(4)32(50)20-34(51)62-33)64-44-38(53)36(47(9)10)40(27(6)61-44)63-35-21-46(8,55)43(54)28(7)59-35/h14-15,17-18,24-30,32-33,35-45,50,52-55H,13,16,19-22H2,1-12H3/b15-14+,23-18+/t24-,25+,26-,27-,28+,29+,30?,32-,33-,35+,36-,37-,38-,39?,40-,41-,42-,43+,44+,45-,46-/m1/s1. The van der Waals surface area contributed by atoms with Crippen LogP contribution in [0.25, 0.3) is 0 Å². The lowest BCUT2D eigenvalue weighted by Crippen LogP contribution is -2.65. The predicted octanol–water partition coefficient (Wildman–Crippen LogP) is 1.83. The first-order valence-corrected chi connectivity index (χ1v) is 22.7. The maximum atomic E-state index is 13.8. The number of hydrogen-bond donors (Lipinski definition) is 5. The number of aldehydes is 1. The first-order valence-electron chi connectivity index (χ1n) is 22.7. The minimum Gasteiger partial charge on any atom is -0.462 e. The molecular weight excluding hydrogens is 838 g/mol. The van der Waals surface area contributed by atoms with Crippen molar-refractivity contribution in [2.24, 2.45) is 23.7 Å². The Morgan fingerprint density at radius 1 is 0.859 bits per heavy atom. The molecule has 18 nitrogen and oxygen atoms in total. The van der Waals surface area contributed by atoms with Gasteiger partial charge in [-0.2, -0.15) is 0 Å². The molecule has 0 aromatic heterocycles. The largest absolute Gasteiger partial charge is 0.462 e. The second-order valence-corrected chi connectivity index (χ2v) is 18.7. The van der Waals surface area contributed by atoms with E-state index < -0.39 is 140 Å². The van der Waals surface area contributed by atoms with Crippen molar-refractivity contribution in [2.45, 2.75) is 191 Å². The van der Waals surface area contributed by atoms with Crippen LogP contribution < -0.4 is 0 Å². The van der Waals surface area contributed by atoms with Gasteiger partial charge in [0.15, 0.2) is 24.7 Å². The average Bonchev–Trinajstić information content (AvgIpc) is 3.23. The zero-order chi connectivity index (χ0) is 47.8. The van der Waals surface area contributed by atoms with Gasteiger partial charge in [-0.1, -0.05) is 38.5 Å². The number of carbonyl (C=O) groups excluding carboxylic acids is 3. The minimum absolute atomic E-state index is 0.00788. The van der Waals surface area contributed by atoms with Crippen molar-refractivity contribution >= 4 is 18.0 Å². The van der Waals surface area contributed by atoms with Gasteiger partial charge in [-0.25, -0.2) is 0 Å². The third-order valence-corrected chi connectivity index (χ3v) is 13.4. The van der Waals surface area contributed by atoms with Gasteiger partial charge in [0.2, 0.25) is 0 Å². The molecule has 2 unspecified atom stereocenters. The van der Waals surface area contributed by atoms with Gasteiger partial charge in [0.1, 0.15) is 49.0 Å². The Balaban J connectivity index is 1.62. The van der Waals surface area contributed by atoms with Crippen LogP contribution in [-0.2, 0) is 57.0 Å². The molecule has 0 aromatic rings. The number of cyclic esters (lactones) is 1. The number of methoxy groups -OCH3 is 2. The molecule has 0 amide bonds. The lowest BCUT2D eigenvalue weighted by molar-refractivity contribution is -0.341. The Kier molecular flexibility index (Phi) is 20.5. The summed E-state index contributed by atoms with van der Waals surface area (Å²) in [5.74, 6) is -3.59. The number of rotatable bonds is 13. The van der Waals surface area contributed by atoms with Crippen LogP contribution in [-0.4, -0.2) is 187 Å². The number of hydrogen-bond acceptors (Lipinski definition) is 18. The van der Waals surface area contributed by atoms with Crippen LogP contribution in [0.3, 0.4) is 0 Å². The first kappa shape index (κ1) is 54.3. The van der Waals surface area contributed by atoms with Gasteiger partial charge in [-0.05, 0) is 73.5 Å². The smallest absolute Gasteiger partial charge is 0.308 e. The van der Waals surface area contributed by atoms with Crippen molar-refractivity contribution < 1.29 is 82.5 Å². The van der Waals surface area contributed by atoms with Crippen LogP contribution in [0.1, 0.15) is 87.5 Å². The summed E-state index contributed by atoms with van der Waals surface area (Å²) >= 11 is 0. The molecule has 0 saturated carbocycles. The highest BCUT2D eigenvalue weighted by atomic mass is 16.7. The second-order valence-electron chi connectivity index (χ2n) is 18.7. The summed E-state index contributed by atoms with van der Waals surface area (Å²) in [5.41, 5.74) is -0.806. The second kappa shape index (κ2) is 24.1. The van der Waals surface area contributed by atoms with E-state index in [9.17, 15) is 39.9 Å². The molecule has 4 rings (SSSR count). The van der Waals surface area contributed by atoms with Crippen molar-refractivity contribution in [3.63, 3.8) is 0 Å². The third kappa shape index (κ3) is 13.5. The van der Waals surface area contributed by atoms with E-state index in [-0.39, 0.29) is 31.7 Å². The van der Waals surface area contributed by atoms with E-state index in [0.717, 1.165) is 6.29 Å². The highest BCUT2D eigenvalue weighted by Crippen LogP contribution is 2.37. The fourth-order valence-corrected chi connectivity index (χ4v) is 9.51. The van der Waals surface area contributed by atoms with Gasteiger partial charge in [0, 0.05) is 44.8 Å². The minimum atomic E-state index is -1.49. The normalized spacial score (nSPS) is 45.9. The number of likely N-dealkylation sites (N-methyl/N-ethyl adjacent to an activating group) is 1. The summed E-state index contributed by atoms with van der Waals surface area (Å²) in [4.78, 5) is 41.5. The van der Waals surface area contributed by atoms with E-state index in [0.29, 0.717) is 12.0 Å². The highest BCUT2D eigenvalue weighted by Gasteiger charge is 2.52. The number of nitrogens with zero attached hydrogens (tertiary/aromatic N) is 1. The molecule has 64 heavy (non-hydrogen) atoms. The van der Waals surface area contributed by atoms with E-state index in [2.05, 4.69) is 0 Å². The van der Waals surface area contributed by atoms with Crippen LogP contribution in [0, 0.1) is 23.7 Å². The lowest BCUT2D eigenvalue weighted by atomic mass is 9.79. The highest BCUT2D eigenvalue weighted by molar-refractivity contribution is 5.91. The van der Waals surface area contributed by atoms with Gasteiger partial charge in [-0.3, -0.25) is 9.59 Å². The van der Waals surface area contributed by atoms with Crippen LogP contribution in [0.15, 0.2) is 23.8 Å². The van der Waals surface area contributed by atoms with Gasteiger partial charge >= 0.3 is 5.97 Å². The molecule has 21 atom stereocenters. The summed E-state index contributed by atoms with van der Waals surface area (Å²) in [6.45, 7) is 13.6. The SMILES string of the molecule is CC[C@H]1OC(=O)C[C@@H](O)[C@H](C)C(O[C@@H]2O[C@H](C)[C@@H](O[C@H]3C[C@@](C)(O)[C@@H](O)[C@H](C)O3)[C@H](N(C)C)[C@H]2O)[C@@H](CC=O)C[C@@H](C)C(=O)/C=C/C(C)=C/C1CO[C@@H]1O[C@H](C)[C@@H](O)[C@@H](OC)[C@H]1OC. The molecule has 0 spiro atoms.